The normalized spacial score (nSPS) is 26.0. The molecule has 4 rings (SSSR count). The van der Waals surface area contributed by atoms with E-state index in [4.69, 9.17) is 9.47 Å². The number of morpholine rings is 1. The molecule has 8 heteroatoms. The molecule has 0 radical (unpaired) electrons. The van der Waals surface area contributed by atoms with Crippen LogP contribution in [0.2, 0.25) is 0 Å². The van der Waals surface area contributed by atoms with Crippen LogP contribution in [0.25, 0.3) is 10.9 Å². The average Bonchev–Trinajstić information content (AvgIpc) is 3.02. The van der Waals surface area contributed by atoms with Gasteiger partial charge in [0.05, 0.1) is 30.0 Å². The van der Waals surface area contributed by atoms with Crippen molar-refractivity contribution < 1.29 is 22.7 Å². The van der Waals surface area contributed by atoms with E-state index in [0.717, 1.165) is 0 Å². The fraction of sp³-hybridized carbons (Fsp3) is 0.500. The lowest BCUT2D eigenvalue weighted by Gasteiger charge is -2.39. The lowest BCUT2D eigenvalue weighted by atomic mass is 9.94. The molecular weight excluding hydrogens is 356 g/mol. The summed E-state index contributed by atoms with van der Waals surface area (Å²) in [6.45, 7) is 2.83. The van der Waals surface area contributed by atoms with Gasteiger partial charge in [0.2, 0.25) is 10.0 Å². The zero-order chi connectivity index (χ0) is 18.3. The lowest BCUT2D eigenvalue weighted by molar-refractivity contribution is -0.0339. The van der Waals surface area contributed by atoms with Crippen molar-refractivity contribution in [2.75, 3.05) is 19.0 Å². The van der Waals surface area contributed by atoms with Gasteiger partial charge in [0, 0.05) is 36.5 Å². The van der Waals surface area contributed by atoms with Crippen LogP contribution >= 0.6 is 0 Å². The fourth-order valence-electron chi connectivity index (χ4n) is 3.78. The van der Waals surface area contributed by atoms with Gasteiger partial charge in [-0.1, -0.05) is 18.2 Å². The fourth-order valence-corrected chi connectivity index (χ4v) is 4.78. The molecule has 2 bridgehead atoms. The first-order valence-electron chi connectivity index (χ1n) is 8.86. The minimum atomic E-state index is -3.50. The second-order valence-electron chi connectivity index (χ2n) is 6.85. The Morgan fingerprint density at radius 1 is 1.27 bits per heavy atom. The Balaban J connectivity index is 1.63. The molecule has 1 aromatic carbocycles. The summed E-state index contributed by atoms with van der Waals surface area (Å²) in [6.07, 6.45) is 2.60. The van der Waals surface area contributed by atoms with E-state index in [9.17, 15) is 13.2 Å². The number of esters is 1. The number of benzene rings is 1. The smallest absolute Gasteiger partial charge is 0.340 e. The summed E-state index contributed by atoms with van der Waals surface area (Å²) < 4.78 is 37.2. The minimum Gasteiger partial charge on any atom is -0.459 e. The first-order valence-corrected chi connectivity index (χ1v) is 10.5. The molecule has 2 fully saturated rings. The van der Waals surface area contributed by atoms with E-state index in [-0.39, 0.29) is 29.5 Å². The first kappa shape index (κ1) is 17.5. The lowest BCUT2D eigenvalue weighted by Crippen LogP contribution is -2.56. The number of carbonyl (C=O) groups excluding carboxylic acids is 1. The Morgan fingerprint density at radius 3 is 2.65 bits per heavy atom. The highest BCUT2D eigenvalue weighted by Gasteiger charge is 2.34. The number of fused-ring (bicyclic) bond motifs is 3. The Kier molecular flexibility index (Phi) is 4.50. The third-order valence-corrected chi connectivity index (χ3v) is 6.67. The van der Waals surface area contributed by atoms with Crippen molar-refractivity contribution >= 4 is 26.9 Å². The molecule has 2 unspecified atom stereocenters. The van der Waals surface area contributed by atoms with Gasteiger partial charge in [0.15, 0.2) is 0 Å². The van der Waals surface area contributed by atoms with Crippen molar-refractivity contribution in [1.82, 2.24) is 9.29 Å². The maximum Gasteiger partial charge on any atom is 0.340 e. The third-order valence-electron chi connectivity index (χ3n) is 5.04. The highest BCUT2D eigenvalue weighted by atomic mass is 32.2. The summed E-state index contributed by atoms with van der Waals surface area (Å²) in [5.74, 6) is -0.519. The molecule has 0 amide bonds. The second-order valence-corrected chi connectivity index (χ2v) is 8.99. The van der Waals surface area contributed by atoms with Gasteiger partial charge in [-0.05, 0) is 13.0 Å². The number of hydrogen-bond donors (Lipinski definition) is 1. The summed E-state index contributed by atoms with van der Waals surface area (Å²) in [5.41, 5.74) is 0.787. The number of carbonyl (C=O) groups is 1. The molecule has 2 aliphatic heterocycles. The van der Waals surface area contributed by atoms with Gasteiger partial charge in [-0.2, -0.15) is 0 Å². The summed E-state index contributed by atoms with van der Waals surface area (Å²) in [5, 5.41) is 4.05. The molecule has 0 spiro atoms. The molecular formula is C18H22N2O5S. The van der Waals surface area contributed by atoms with Crippen LogP contribution in [0.15, 0.2) is 30.5 Å². The van der Waals surface area contributed by atoms with Crippen molar-refractivity contribution in [2.24, 2.45) is 0 Å². The minimum absolute atomic E-state index is 0.0438. The Bertz CT molecular complexity index is 924. The van der Waals surface area contributed by atoms with Crippen LogP contribution in [0.5, 0.6) is 0 Å². The number of ether oxygens (including phenoxy) is 2. The number of aromatic nitrogens is 1. The van der Waals surface area contributed by atoms with Crippen LogP contribution < -0.4 is 5.32 Å². The number of nitrogens with zero attached hydrogens (tertiary/aromatic N) is 1. The van der Waals surface area contributed by atoms with E-state index >= 15 is 0 Å². The number of rotatable bonds is 4. The van der Waals surface area contributed by atoms with Crippen molar-refractivity contribution in [3.8, 4) is 0 Å². The second kappa shape index (κ2) is 6.68. The molecule has 2 saturated heterocycles. The van der Waals surface area contributed by atoms with Crippen LogP contribution in [0, 0.1) is 0 Å². The van der Waals surface area contributed by atoms with Crippen LogP contribution in [-0.2, 0) is 19.5 Å². The number of para-hydroxylation sites is 1. The van der Waals surface area contributed by atoms with Crippen LogP contribution in [0.1, 0.15) is 30.1 Å². The standard InChI is InChI=1S/C18H22N2O5S/c1-2-26(22,23)20-9-16(15-5-3-4-6-17(15)20)18(21)25-14-7-12-10-24-11-13(8-14)19-12/h3-6,9,12-14,19H,2,7-8,10-11H2,1H3. The number of hydrogen-bond acceptors (Lipinski definition) is 6. The van der Waals surface area contributed by atoms with Crippen molar-refractivity contribution in [3.05, 3.63) is 36.0 Å². The Labute approximate surface area is 152 Å². The summed E-state index contributed by atoms with van der Waals surface area (Å²) in [6, 6.07) is 7.38. The first-order chi connectivity index (χ1) is 12.5. The van der Waals surface area contributed by atoms with Crippen molar-refractivity contribution in [3.63, 3.8) is 0 Å². The molecule has 26 heavy (non-hydrogen) atoms. The van der Waals surface area contributed by atoms with Crippen molar-refractivity contribution in [2.45, 2.75) is 38.0 Å². The molecule has 7 nitrogen and oxygen atoms in total. The highest BCUT2D eigenvalue weighted by Crippen LogP contribution is 2.27. The molecule has 3 heterocycles. The third kappa shape index (κ3) is 3.13. The van der Waals surface area contributed by atoms with Gasteiger partial charge in [-0.15, -0.1) is 0 Å². The molecule has 2 aromatic rings. The van der Waals surface area contributed by atoms with Gasteiger partial charge < -0.3 is 14.8 Å². The molecule has 1 N–H and O–H groups in total. The van der Waals surface area contributed by atoms with Gasteiger partial charge in [-0.25, -0.2) is 17.2 Å². The van der Waals surface area contributed by atoms with E-state index in [0.29, 0.717) is 37.0 Å². The monoisotopic (exact) mass is 378 g/mol. The summed E-state index contributed by atoms with van der Waals surface area (Å²) in [7, 11) is -3.50. The molecule has 140 valence electrons. The van der Waals surface area contributed by atoms with Gasteiger partial charge >= 0.3 is 5.97 Å². The van der Waals surface area contributed by atoms with E-state index in [1.807, 2.05) is 0 Å². The highest BCUT2D eigenvalue weighted by molar-refractivity contribution is 7.90. The molecule has 0 aliphatic carbocycles. The zero-order valence-corrected chi connectivity index (χ0v) is 15.4. The van der Waals surface area contributed by atoms with Crippen molar-refractivity contribution in [1.29, 1.82) is 0 Å². The number of piperidine rings is 1. The predicted molar refractivity (Wildman–Crippen MR) is 96.8 cm³/mol. The predicted octanol–water partition coefficient (Wildman–Crippen LogP) is 1.52. The van der Waals surface area contributed by atoms with Crippen LogP contribution in [0.4, 0.5) is 0 Å². The van der Waals surface area contributed by atoms with E-state index in [1.54, 1.807) is 31.2 Å². The van der Waals surface area contributed by atoms with Gasteiger partial charge in [0.25, 0.3) is 0 Å². The van der Waals surface area contributed by atoms with E-state index < -0.39 is 16.0 Å². The molecule has 2 aliphatic rings. The Hall–Kier alpha value is -1.90. The number of nitrogens with one attached hydrogen (secondary N) is 1. The molecule has 0 saturated carbocycles. The largest absolute Gasteiger partial charge is 0.459 e. The zero-order valence-electron chi connectivity index (χ0n) is 14.6. The quantitative estimate of drug-likeness (QED) is 0.812. The SMILES string of the molecule is CCS(=O)(=O)n1cc(C(=O)OC2CC3COCC(C2)N3)c2ccccc21. The van der Waals surface area contributed by atoms with Crippen LogP contribution in [-0.4, -0.2) is 55.5 Å². The van der Waals surface area contributed by atoms with Crippen LogP contribution in [0.3, 0.4) is 0 Å². The summed E-state index contributed by atoms with van der Waals surface area (Å²) in [4.78, 5) is 12.8. The summed E-state index contributed by atoms with van der Waals surface area (Å²) >= 11 is 0. The van der Waals surface area contributed by atoms with Gasteiger partial charge in [0.1, 0.15) is 6.10 Å². The maximum atomic E-state index is 12.8. The maximum absolute atomic E-state index is 12.8. The van der Waals surface area contributed by atoms with E-state index in [1.165, 1.54) is 10.2 Å². The molecule has 1 aromatic heterocycles. The topological polar surface area (TPSA) is 86.6 Å². The Morgan fingerprint density at radius 2 is 1.96 bits per heavy atom. The average molecular weight is 378 g/mol. The van der Waals surface area contributed by atoms with E-state index in [2.05, 4.69) is 5.32 Å². The van der Waals surface area contributed by atoms with Gasteiger partial charge in [-0.3, -0.25) is 0 Å². The molecule has 2 atom stereocenters.